The molecule has 0 heterocycles. The zero-order valence-corrected chi connectivity index (χ0v) is 11.6. The van der Waals surface area contributed by atoms with E-state index in [9.17, 15) is 9.59 Å². The highest BCUT2D eigenvalue weighted by atomic mass is 16.5. The monoisotopic (exact) mass is 268 g/mol. The van der Waals surface area contributed by atoms with Crippen molar-refractivity contribution in [3.05, 3.63) is 12.2 Å². The van der Waals surface area contributed by atoms with Gasteiger partial charge < -0.3 is 9.47 Å². The first kappa shape index (κ1) is 17.1. The van der Waals surface area contributed by atoms with Crippen molar-refractivity contribution >= 4 is 11.9 Å². The Morgan fingerprint density at radius 2 is 2.00 bits per heavy atom. The summed E-state index contributed by atoms with van der Waals surface area (Å²) < 4.78 is 9.80. The van der Waals surface area contributed by atoms with Crippen molar-refractivity contribution in [2.75, 3.05) is 33.4 Å². The second-order valence-electron chi connectivity index (χ2n) is 4.54. The van der Waals surface area contributed by atoms with E-state index in [4.69, 9.17) is 14.7 Å². The van der Waals surface area contributed by atoms with Gasteiger partial charge in [-0.15, -0.1) is 0 Å². The molecule has 6 nitrogen and oxygen atoms in total. The van der Waals surface area contributed by atoms with Crippen molar-refractivity contribution < 1.29 is 19.1 Å². The summed E-state index contributed by atoms with van der Waals surface area (Å²) in [5, 5.41) is 8.41. The molecule has 0 radical (unpaired) electrons. The number of carbonyl (C=O) groups is 2. The molecular formula is C13H20N2O4. The minimum atomic E-state index is -0.738. The molecular weight excluding hydrogens is 248 g/mol. The fraction of sp³-hybridized carbons (Fsp3) is 0.615. The van der Waals surface area contributed by atoms with E-state index in [1.807, 2.05) is 13.8 Å². The lowest BCUT2D eigenvalue weighted by atomic mass is 10.2. The number of ether oxygens (including phenoxy) is 2. The fourth-order valence-corrected chi connectivity index (χ4v) is 1.03. The minimum absolute atomic E-state index is 0.0908. The molecule has 0 rings (SSSR count). The highest BCUT2D eigenvalue weighted by molar-refractivity contribution is 5.91. The lowest BCUT2D eigenvalue weighted by Crippen LogP contribution is -2.31. The Labute approximate surface area is 113 Å². The van der Waals surface area contributed by atoms with Crippen molar-refractivity contribution in [3.8, 4) is 6.07 Å². The van der Waals surface area contributed by atoms with Crippen molar-refractivity contribution in [1.82, 2.24) is 4.90 Å². The van der Waals surface area contributed by atoms with Gasteiger partial charge in [0, 0.05) is 6.54 Å². The van der Waals surface area contributed by atoms with Gasteiger partial charge in [0.15, 0.2) is 0 Å². The van der Waals surface area contributed by atoms with Crippen LogP contribution in [0.25, 0.3) is 0 Å². The summed E-state index contributed by atoms with van der Waals surface area (Å²) in [5.74, 6) is -0.755. The molecule has 0 aliphatic rings. The molecule has 0 atom stereocenters. The number of likely N-dealkylation sites (N-methyl/N-ethyl adjacent to an activating group) is 1. The number of carbonyl (C=O) groups excluding carboxylic acids is 2. The maximum Gasteiger partial charge on any atom is 0.348 e. The number of rotatable bonds is 8. The second-order valence-corrected chi connectivity index (χ2v) is 4.54. The van der Waals surface area contributed by atoms with Crippen LogP contribution in [0, 0.1) is 17.2 Å². The van der Waals surface area contributed by atoms with E-state index in [-0.39, 0.29) is 24.7 Å². The van der Waals surface area contributed by atoms with E-state index in [1.165, 1.54) is 0 Å². The van der Waals surface area contributed by atoms with Gasteiger partial charge in [0.2, 0.25) is 0 Å². The van der Waals surface area contributed by atoms with Crippen molar-refractivity contribution in [2.24, 2.45) is 5.92 Å². The summed E-state index contributed by atoms with van der Waals surface area (Å²) in [4.78, 5) is 24.2. The van der Waals surface area contributed by atoms with Gasteiger partial charge in [-0.05, 0) is 13.0 Å². The normalized spacial score (nSPS) is 10.1. The molecule has 6 heteroatoms. The molecule has 0 aromatic rings. The first-order chi connectivity index (χ1) is 8.86. The van der Waals surface area contributed by atoms with Crippen LogP contribution >= 0.6 is 0 Å². The first-order valence-corrected chi connectivity index (χ1v) is 5.97. The van der Waals surface area contributed by atoms with Gasteiger partial charge in [0.1, 0.15) is 18.2 Å². The average Bonchev–Trinajstić information content (AvgIpc) is 2.35. The Hall–Kier alpha value is -1.87. The fourth-order valence-electron chi connectivity index (χ4n) is 1.03. The summed E-state index contributed by atoms with van der Waals surface area (Å²) >= 11 is 0. The SMILES string of the molecule is C=C(C#N)C(=O)OCCN(C)CC(=O)OCC(C)C. The van der Waals surface area contributed by atoms with Crippen LogP contribution in [0.1, 0.15) is 13.8 Å². The topological polar surface area (TPSA) is 79.6 Å². The van der Waals surface area contributed by atoms with Gasteiger partial charge >= 0.3 is 11.9 Å². The highest BCUT2D eigenvalue weighted by Gasteiger charge is 2.11. The van der Waals surface area contributed by atoms with Crippen LogP contribution in [0.3, 0.4) is 0 Å². The molecule has 0 saturated carbocycles. The molecule has 0 aliphatic heterocycles. The third-order valence-electron chi connectivity index (χ3n) is 2.06. The first-order valence-electron chi connectivity index (χ1n) is 5.97. The zero-order chi connectivity index (χ0) is 14.8. The standard InChI is InChI=1S/C13H20N2O4/c1-10(2)9-19-12(16)8-15(4)5-6-18-13(17)11(3)7-14/h10H,3,5-6,8-9H2,1-2,4H3. The molecule has 0 spiro atoms. The number of esters is 2. The molecule has 19 heavy (non-hydrogen) atoms. The average molecular weight is 268 g/mol. The Balaban J connectivity index is 3.79. The predicted molar refractivity (Wildman–Crippen MR) is 69.0 cm³/mol. The summed E-state index contributed by atoms with van der Waals surface area (Å²) in [6.07, 6.45) is 0. The van der Waals surface area contributed by atoms with Gasteiger partial charge in [0.25, 0.3) is 0 Å². The molecule has 0 unspecified atom stereocenters. The van der Waals surface area contributed by atoms with E-state index in [0.29, 0.717) is 19.1 Å². The Bertz CT molecular complexity index is 371. The molecule has 106 valence electrons. The van der Waals surface area contributed by atoms with Crippen LogP contribution in [0.4, 0.5) is 0 Å². The number of nitriles is 1. The Morgan fingerprint density at radius 1 is 1.37 bits per heavy atom. The number of nitrogens with zero attached hydrogens (tertiary/aromatic N) is 2. The quantitative estimate of drug-likeness (QED) is 0.367. The van der Waals surface area contributed by atoms with E-state index in [0.717, 1.165) is 0 Å². The second kappa shape index (κ2) is 9.11. The lowest BCUT2D eigenvalue weighted by molar-refractivity contribution is -0.146. The molecule has 0 fully saturated rings. The maximum absolute atomic E-state index is 11.4. The highest BCUT2D eigenvalue weighted by Crippen LogP contribution is 1.95. The zero-order valence-electron chi connectivity index (χ0n) is 11.6. The van der Waals surface area contributed by atoms with Crippen molar-refractivity contribution in [1.29, 1.82) is 5.26 Å². The van der Waals surface area contributed by atoms with Gasteiger partial charge in [0.05, 0.1) is 13.2 Å². The van der Waals surface area contributed by atoms with E-state index >= 15 is 0 Å². The van der Waals surface area contributed by atoms with Crippen LogP contribution in [-0.4, -0.2) is 50.2 Å². The third kappa shape index (κ3) is 8.80. The summed E-state index contributed by atoms with van der Waals surface area (Å²) in [7, 11) is 1.71. The van der Waals surface area contributed by atoms with Gasteiger partial charge in [-0.1, -0.05) is 20.4 Å². The Kier molecular flexibility index (Phi) is 8.22. The lowest BCUT2D eigenvalue weighted by Gasteiger charge is -2.16. The van der Waals surface area contributed by atoms with Crippen LogP contribution in [0.5, 0.6) is 0 Å². The van der Waals surface area contributed by atoms with E-state index in [1.54, 1.807) is 18.0 Å². The van der Waals surface area contributed by atoms with Gasteiger partial charge in [-0.3, -0.25) is 9.69 Å². The van der Waals surface area contributed by atoms with Gasteiger partial charge in [-0.25, -0.2) is 4.79 Å². The van der Waals surface area contributed by atoms with Crippen LogP contribution in [0.15, 0.2) is 12.2 Å². The van der Waals surface area contributed by atoms with Crippen molar-refractivity contribution in [3.63, 3.8) is 0 Å². The molecule has 0 aliphatic carbocycles. The molecule has 0 amide bonds. The van der Waals surface area contributed by atoms with E-state index in [2.05, 4.69) is 6.58 Å². The molecule has 0 aromatic carbocycles. The molecule has 0 aromatic heterocycles. The predicted octanol–water partition coefficient (Wildman–Crippen LogP) is 0.740. The number of hydrogen-bond acceptors (Lipinski definition) is 6. The van der Waals surface area contributed by atoms with Gasteiger partial charge in [-0.2, -0.15) is 5.26 Å². The molecule has 0 bridgehead atoms. The van der Waals surface area contributed by atoms with Crippen LogP contribution in [-0.2, 0) is 19.1 Å². The summed E-state index contributed by atoms with van der Waals surface area (Å²) in [6, 6.07) is 1.61. The maximum atomic E-state index is 11.4. The van der Waals surface area contributed by atoms with E-state index < -0.39 is 5.97 Å². The molecule has 0 N–H and O–H groups in total. The van der Waals surface area contributed by atoms with Crippen LogP contribution < -0.4 is 0 Å². The smallest absolute Gasteiger partial charge is 0.348 e. The van der Waals surface area contributed by atoms with Crippen molar-refractivity contribution in [2.45, 2.75) is 13.8 Å². The number of hydrogen-bond donors (Lipinski definition) is 0. The Morgan fingerprint density at radius 3 is 2.53 bits per heavy atom. The summed E-state index contributed by atoms with van der Waals surface area (Å²) in [6.45, 7) is 8.14. The summed E-state index contributed by atoms with van der Waals surface area (Å²) in [5.41, 5.74) is -0.237. The largest absolute Gasteiger partial charge is 0.464 e. The third-order valence-corrected chi connectivity index (χ3v) is 2.06. The molecule has 0 saturated heterocycles. The van der Waals surface area contributed by atoms with Crippen LogP contribution in [0.2, 0.25) is 0 Å². The minimum Gasteiger partial charge on any atom is -0.464 e.